The van der Waals surface area contributed by atoms with Gasteiger partial charge in [0.2, 0.25) is 0 Å². The van der Waals surface area contributed by atoms with Gasteiger partial charge in [-0.25, -0.2) is 9.78 Å². The summed E-state index contributed by atoms with van der Waals surface area (Å²) < 4.78 is 2.20. The molecule has 1 aromatic carbocycles. The summed E-state index contributed by atoms with van der Waals surface area (Å²) in [5.41, 5.74) is 4.34. The molecule has 0 aliphatic heterocycles. The normalized spacial score (nSPS) is 10.9. The molecular formula is C18H26N4O. The number of benzene rings is 1. The maximum atomic E-state index is 12.0. The summed E-state index contributed by atoms with van der Waals surface area (Å²) in [7, 11) is 0. The molecule has 2 aromatic rings. The molecule has 0 bridgehead atoms. The minimum absolute atomic E-state index is 0.187. The molecule has 0 saturated carbocycles. The van der Waals surface area contributed by atoms with Crippen molar-refractivity contribution in [1.29, 1.82) is 0 Å². The fourth-order valence-corrected chi connectivity index (χ4v) is 2.67. The van der Waals surface area contributed by atoms with Gasteiger partial charge in [-0.3, -0.25) is 0 Å². The Kier molecular flexibility index (Phi) is 5.42. The first-order chi connectivity index (χ1) is 10.9. The monoisotopic (exact) mass is 314 g/mol. The molecule has 2 rings (SSSR count). The number of anilines is 1. The summed E-state index contributed by atoms with van der Waals surface area (Å²) in [6, 6.07) is 6.08. The van der Waals surface area contributed by atoms with Gasteiger partial charge in [0.1, 0.15) is 5.82 Å². The first kappa shape index (κ1) is 17.1. The minimum Gasteiger partial charge on any atom is -0.337 e. The second-order valence-corrected chi connectivity index (χ2v) is 6.21. The van der Waals surface area contributed by atoms with E-state index in [1.165, 1.54) is 5.56 Å². The van der Waals surface area contributed by atoms with E-state index in [0.717, 1.165) is 22.8 Å². The maximum absolute atomic E-state index is 12.0. The number of aromatic nitrogens is 2. The van der Waals surface area contributed by atoms with Gasteiger partial charge in [0, 0.05) is 36.6 Å². The fourth-order valence-electron chi connectivity index (χ4n) is 2.67. The number of rotatable bonds is 5. The van der Waals surface area contributed by atoms with Crippen LogP contribution < -0.4 is 10.6 Å². The molecule has 0 aliphatic carbocycles. The van der Waals surface area contributed by atoms with Crippen LogP contribution in [-0.2, 0) is 6.42 Å². The minimum atomic E-state index is -0.187. The van der Waals surface area contributed by atoms with E-state index in [0.29, 0.717) is 19.0 Å². The summed E-state index contributed by atoms with van der Waals surface area (Å²) in [6.45, 7) is 11.0. The lowest BCUT2D eigenvalue weighted by Crippen LogP contribution is -2.31. The number of carbonyl (C=O) groups is 1. The molecule has 0 aliphatic rings. The number of carbonyl (C=O) groups excluding carboxylic acids is 1. The molecule has 0 spiro atoms. The van der Waals surface area contributed by atoms with E-state index in [4.69, 9.17) is 0 Å². The Morgan fingerprint density at radius 2 is 1.96 bits per heavy atom. The molecule has 124 valence electrons. The zero-order valence-corrected chi connectivity index (χ0v) is 14.6. The zero-order chi connectivity index (χ0) is 17.0. The SMILES string of the molecule is Cc1ccc(NC(=O)NCCc2ncc(C)n2C(C)C)cc1C. The number of nitrogens with one attached hydrogen (secondary N) is 2. The molecule has 0 saturated heterocycles. The second kappa shape index (κ2) is 7.31. The van der Waals surface area contributed by atoms with Gasteiger partial charge in [-0.05, 0) is 57.9 Å². The Labute approximate surface area is 138 Å². The molecule has 1 heterocycles. The molecule has 0 radical (unpaired) electrons. The smallest absolute Gasteiger partial charge is 0.319 e. The van der Waals surface area contributed by atoms with E-state index in [1.54, 1.807) is 0 Å². The van der Waals surface area contributed by atoms with Crippen LogP contribution in [0.4, 0.5) is 10.5 Å². The second-order valence-electron chi connectivity index (χ2n) is 6.21. The van der Waals surface area contributed by atoms with Crippen molar-refractivity contribution in [2.45, 2.75) is 47.1 Å². The van der Waals surface area contributed by atoms with Gasteiger partial charge in [0.25, 0.3) is 0 Å². The lowest BCUT2D eigenvalue weighted by atomic mass is 10.1. The van der Waals surface area contributed by atoms with E-state index >= 15 is 0 Å². The predicted molar refractivity (Wildman–Crippen MR) is 94.0 cm³/mol. The highest BCUT2D eigenvalue weighted by Gasteiger charge is 2.10. The van der Waals surface area contributed by atoms with Crippen molar-refractivity contribution < 1.29 is 4.79 Å². The summed E-state index contributed by atoms with van der Waals surface area (Å²) in [5.74, 6) is 1.00. The fraction of sp³-hybridized carbons (Fsp3) is 0.444. The summed E-state index contributed by atoms with van der Waals surface area (Å²) in [5, 5.41) is 5.75. The van der Waals surface area contributed by atoms with Crippen molar-refractivity contribution in [3.05, 3.63) is 47.0 Å². The number of amides is 2. The van der Waals surface area contributed by atoms with E-state index < -0.39 is 0 Å². The number of imidazole rings is 1. The van der Waals surface area contributed by atoms with Crippen LogP contribution in [-0.4, -0.2) is 22.1 Å². The average Bonchev–Trinajstić information content (AvgIpc) is 2.84. The Morgan fingerprint density at radius 3 is 2.61 bits per heavy atom. The van der Waals surface area contributed by atoms with Crippen LogP contribution in [0.1, 0.15) is 42.5 Å². The summed E-state index contributed by atoms with van der Waals surface area (Å²) in [6.07, 6.45) is 2.59. The number of hydrogen-bond acceptors (Lipinski definition) is 2. The Bertz CT molecular complexity index is 688. The standard InChI is InChI=1S/C18H26N4O/c1-12(2)22-15(5)11-20-17(22)8-9-19-18(23)21-16-7-6-13(3)14(4)10-16/h6-7,10-12H,8-9H2,1-5H3,(H2,19,21,23). The highest BCUT2D eigenvalue weighted by molar-refractivity contribution is 5.89. The quantitative estimate of drug-likeness (QED) is 0.883. The third-order valence-corrected chi connectivity index (χ3v) is 3.97. The Balaban J connectivity index is 1.86. The molecule has 5 nitrogen and oxygen atoms in total. The van der Waals surface area contributed by atoms with Crippen LogP contribution in [0.15, 0.2) is 24.4 Å². The molecule has 23 heavy (non-hydrogen) atoms. The molecule has 1 aromatic heterocycles. The van der Waals surface area contributed by atoms with Gasteiger partial charge >= 0.3 is 6.03 Å². The number of hydrogen-bond donors (Lipinski definition) is 2. The van der Waals surface area contributed by atoms with Gasteiger partial charge in [-0.15, -0.1) is 0 Å². The van der Waals surface area contributed by atoms with Crippen molar-refractivity contribution in [3.8, 4) is 0 Å². The van der Waals surface area contributed by atoms with Gasteiger partial charge < -0.3 is 15.2 Å². The lowest BCUT2D eigenvalue weighted by Gasteiger charge is -2.14. The molecular weight excluding hydrogens is 288 g/mol. The lowest BCUT2D eigenvalue weighted by molar-refractivity contribution is 0.252. The number of urea groups is 1. The van der Waals surface area contributed by atoms with Crippen LogP contribution >= 0.6 is 0 Å². The van der Waals surface area contributed by atoms with E-state index in [-0.39, 0.29) is 6.03 Å². The first-order valence-electron chi connectivity index (χ1n) is 8.03. The Morgan fingerprint density at radius 1 is 1.22 bits per heavy atom. The highest BCUT2D eigenvalue weighted by atomic mass is 16.2. The van der Waals surface area contributed by atoms with Crippen molar-refractivity contribution in [2.24, 2.45) is 0 Å². The maximum Gasteiger partial charge on any atom is 0.319 e. The summed E-state index contributed by atoms with van der Waals surface area (Å²) >= 11 is 0. The largest absolute Gasteiger partial charge is 0.337 e. The third kappa shape index (κ3) is 4.34. The van der Waals surface area contributed by atoms with Crippen LogP contribution in [0.5, 0.6) is 0 Å². The average molecular weight is 314 g/mol. The van der Waals surface area contributed by atoms with Gasteiger partial charge in [0.05, 0.1) is 0 Å². The van der Waals surface area contributed by atoms with Crippen molar-refractivity contribution in [3.63, 3.8) is 0 Å². The summed E-state index contributed by atoms with van der Waals surface area (Å²) in [4.78, 5) is 16.4. The predicted octanol–water partition coefficient (Wildman–Crippen LogP) is 3.75. The van der Waals surface area contributed by atoms with Crippen LogP contribution in [0.25, 0.3) is 0 Å². The number of nitrogens with zero attached hydrogens (tertiary/aromatic N) is 2. The van der Waals surface area contributed by atoms with Crippen molar-refractivity contribution in [2.75, 3.05) is 11.9 Å². The topological polar surface area (TPSA) is 59.0 Å². The van der Waals surface area contributed by atoms with Crippen LogP contribution in [0, 0.1) is 20.8 Å². The van der Waals surface area contributed by atoms with Crippen LogP contribution in [0.3, 0.4) is 0 Å². The van der Waals surface area contributed by atoms with Gasteiger partial charge in [-0.1, -0.05) is 6.07 Å². The first-order valence-corrected chi connectivity index (χ1v) is 8.03. The highest BCUT2D eigenvalue weighted by Crippen LogP contribution is 2.14. The number of aryl methyl sites for hydroxylation is 3. The van der Waals surface area contributed by atoms with Gasteiger partial charge in [0.15, 0.2) is 0 Å². The van der Waals surface area contributed by atoms with E-state index in [9.17, 15) is 4.79 Å². The molecule has 0 unspecified atom stereocenters. The molecule has 2 N–H and O–H groups in total. The molecule has 0 fully saturated rings. The molecule has 0 atom stereocenters. The van der Waals surface area contributed by atoms with Crippen LogP contribution in [0.2, 0.25) is 0 Å². The Hall–Kier alpha value is -2.30. The van der Waals surface area contributed by atoms with E-state index in [1.807, 2.05) is 31.3 Å². The van der Waals surface area contributed by atoms with E-state index in [2.05, 4.69) is 47.9 Å². The zero-order valence-electron chi connectivity index (χ0n) is 14.6. The third-order valence-electron chi connectivity index (χ3n) is 3.97. The van der Waals surface area contributed by atoms with Crippen molar-refractivity contribution >= 4 is 11.7 Å². The van der Waals surface area contributed by atoms with Crippen molar-refractivity contribution in [1.82, 2.24) is 14.9 Å². The molecule has 5 heteroatoms. The van der Waals surface area contributed by atoms with Gasteiger partial charge in [-0.2, -0.15) is 0 Å². The molecule has 2 amide bonds.